The first-order chi connectivity index (χ1) is 12.4. The van der Waals surface area contributed by atoms with Crippen molar-refractivity contribution in [2.45, 2.75) is 51.7 Å². The van der Waals surface area contributed by atoms with Gasteiger partial charge in [0.2, 0.25) is 0 Å². The molecule has 0 bridgehead atoms. The topological polar surface area (TPSA) is 59.6 Å². The Kier molecular flexibility index (Phi) is 5.87. The van der Waals surface area contributed by atoms with Gasteiger partial charge >= 0.3 is 0 Å². The fourth-order valence-corrected chi connectivity index (χ4v) is 4.43. The van der Waals surface area contributed by atoms with E-state index in [-0.39, 0.29) is 17.9 Å². The first-order valence-corrected chi connectivity index (χ1v) is 9.94. The Morgan fingerprint density at radius 2 is 2.00 bits per heavy atom. The summed E-state index contributed by atoms with van der Waals surface area (Å²) in [5.41, 5.74) is 2.32. The van der Waals surface area contributed by atoms with Crippen molar-refractivity contribution in [1.82, 2.24) is 10.6 Å². The third-order valence-electron chi connectivity index (χ3n) is 4.82. The molecule has 0 amide bonds. The number of methoxy groups -OCH3 is 1. The molecule has 5 nitrogen and oxygen atoms in total. The lowest BCUT2D eigenvalue weighted by Crippen LogP contribution is -2.44. The Morgan fingerprint density at radius 1 is 1.31 bits per heavy atom. The first kappa shape index (κ1) is 19.2. The number of thiocarbonyl (C=S) groups is 1. The highest BCUT2D eigenvalue weighted by Crippen LogP contribution is 2.41. The molecular formula is C19H23BrN2O3S. The van der Waals surface area contributed by atoms with E-state index in [1.54, 1.807) is 14.0 Å². The third-order valence-corrected chi connectivity index (χ3v) is 5.63. The van der Waals surface area contributed by atoms with E-state index in [9.17, 15) is 4.79 Å². The highest BCUT2D eigenvalue weighted by molar-refractivity contribution is 9.10. The summed E-state index contributed by atoms with van der Waals surface area (Å²) in [4.78, 5) is 12.2. The number of ether oxygens (including phenoxy) is 2. The second-order valence-electron chi connectivity index (χ2n) is 6.68. The summed E-state index contributed by atoms with van der Waals surface area (Å²) in [6, 6.07) is 3.55. The summed E-state index contributed by atoms with van der Waals surface area (Å²) >= 11 is 8.90. The molecule has 0 radical (unpaired) electrons. The number of nitrogens with one attached hydrogen (secondary N) is 2. The minimum atomic E-state index is -0.327. The molecule has 1 aliphatic heterocycles. The lowest BCUT2D eigenvalue weighted by molar-refractivity contribution is -0.114. The zero-order valence-corrected chi connectivity index (χ0v) is 17.6. The van der Waals surface area contributed by atoms with Crippen molar-refractivity contribution in [3.05, 3.63) is 33.4 Å². The number of Topliss-reactive ketones (excluding diaryl/α,β-unsaturated/α-hetero) is 1. The minimum absolute atomic E-state index is 0.00336. The van der Waals surface area contributed by atoms with Crippen molar-refractivity contribution in [1.29, 1.82) is 0 Å². The van der Waals surface area contributed by atoms with Crippen molar-refractivity contribution in [2.75, 3.05) is 7.11 Å². The van der Waals surface area contributed by atoms with Gasteiger partial charge in [-0.05, 0) is 85.4 Å². The Hall–Kier alpha value is -1.60. The molecule has 0 saturated heterocycles. The first-order valence-electron chi connectivity index (χ1n) is 8.74. The van der Waals surface area contributed by atoms with Gasteiger partial charge < -0.3 is 20.1 Å². The van der Waals surface area contributed by atoms with E-state index in [0.717, 1.165) is 28.6 Å². The smallest absolute Gasteiger partial charge is 0.175 e. The lowest BCUT2D eigenvalue weighted by Gasteiger charge is -2.30. The van der Waals surface area contributed by atoms with Gasteiger partial charge in [0.15, 0.2) is 22.4 Å². The molecule has 0 aromatic heterocycles. The SMILES string of the molecule is COc1cc([C@H]2NC(=S)NC(C)=C2C(C)=O)cc(Br)c1OC1CCCC1. The molecule has 140 valence electrons. The molecule has 2 N–H and O–H groups in total. The summed E-state index contributed by atoms with van der Waals surface area (Å²) < 4.78 is 12.6. The van der Waals surface area contributed by atoms with E-state index in [4.69, 9.17) is 21.7 Å². The number of carbonyl (C=O) groups is 1. The number of allylic oxidation sites excluding steroid dienone is 1. The standard InChI is InChI=1S/C19H23BrN2O3S/c1-10-16(11(2)23)17(22-19(26)21-10)12-8-14(20)18(15(9-12)24-3)25-13-6-4-5-7-13/h8-9,13,17H,4-7H2,1-3H3,(H2,21,22,26)/t17-/m1/s1. The molecule has 3 rings (SSSR count). The van der Waals surface area contributed by atoms with E-state index in [0.29, 0.717) is 22.2 Å². The van der Waals surface area contributed by atoms with E-state index >= 15 is 0 Å². The van der Waals surface area contributed by atoms with Gasteiger partial charge in [0, 0.05) is 11.3 Å². The van der Waals surface area contributed by atoms with E-state index in [1.807, 2.05) is 19.1 Å². The second-order valence-corrected chi connectivity index (χ2v) is 7.95. The number of hydrogen-bond acceptors (Lipinski definition) is 4. The molecular weight excluding hydrogens is 416 g/mol. The largest absolute Gasteiger partial charge is 0.493 e. The molecule has 26 heavy (non-hydrogen) atoms. The Morgan fingerprint density at radius 3 is 2.62 bits per heavy atom. The maximum absolute atomic E-state index is 12.2. The van der Waals surface area contributed by atoms with Crippen LogP contribution in [0.25, 0.3) is 0 Å². The van der Waals surface area contributed by atoms with Gasteiger partial charge in [-0.25, -0.2) is 0 Å². The van der Waals surface area contributed by atoms with Crippen molar-refractivity contribution < 1.29 is 14.3 Å². The molecule has 0 unspecified atom stereocenters. The van der Waals surface area contributed by atoms with Crippen LogP contribution in [0.5, 0.6) is 11.5 Å². The average molecular weight is 439 g/mol. The summed E-state index contributed by atoms with van der Waals surface area (Å²) in [6.45, 7) is 3.42. The molecule has 1 atom stereocenters. The van der Waals surface area contributed by atoms with Crippen molar-refractivity contribution in [2.24, 2.45) is 0 Å². The zero-order chi connectivity index (χ0) is 18.8. The fourth-order valence-electron chi connectivity index (χ4n) is 3.60. The monoisotopic (exact) mass is 438 g/mol. The van der Waals surface area contributed by atoms with Crippen LogP contribution in [0.15, 0.2) is 27.9 Å². The molecule has 2 aliphatic rings. The quantitative estimate of drug-likeness (QED) is 0.672. The molecule has 1 aromatic carbocycles. The van der Waals surface area contributed by atoms with Crippen LogP contribution in [-0.4, -0.2) is 24.1 Å². The van der Waals surface area contributed by atoms with Gasteiger partial charge in [-0.15, -0.1) is 0 Å². The predicted octanol–water partition coefficient (Wildman–Crippen LogP) is 4.16. The van der Waals surface area contributed by atoms with Crippen LogP contribution in [-0.2, 0) is 4.79 Å². The summed E-state index contributed by atoms with van der Waals surface area (Å²) in [7, 11) is 1.63. The van der Waals surface area contributed by atoms with Crippen LogP contribution < -0.4 is 20.1 Å². The van der Waals surface area contributed by atoms with Crippen LogP contribution in [0, 0.1) is 0 Å². The van der Waals surface area contributed by atoms with Crippen molar-refractivity contribution >= 4 is 39.0 Å². The lowest BCUT2D eigenvalue weighted by atomic mass is 9.93. The minimum Gasteiger partial charge on any atom is -0.493 e. The maximum atomic E-state index is 12.2. The molecule has 1 aromatic rings. The van der Waals surface area contributed by atoms with Crippen LogP contribution >= 0.6 is 28.1 Å². The summed E-state index contributed by atoms with van der Waals surface area (Å²) in [6.07, 6.45) is 4.76. The van der Waals surface area contributed by atoms with Crippen LogP contribution in [0.4, 0.5) is 0 Å². The van der Waals surface area contributed by atoms with Gasteiger partial charge in [0.1, 0.15) is 0 Å². The van der Waals surface area contributed by atoms with Crippen LogP contribution in [0.2, 0.25) is 0 Å². The number of hydrogen-bond donors (Lipinski definition) is 2. The molecule has 1 fully saturated rings. The predicted molar refractivity (Wildman–Crippen MR) is 109 cm³/mol. The Labute approximate surface area is 167 Å². The number of carbonyl (C=O) groups excluding carboxylic acids is 1. The normalized spacial score (nSPS) is 20.6. The fraction of sp³-hybridized carbons (Fsp3) is 0.474. The molecule has 1 heterocycles. The summed E-state index contributed by atoms with van der Waals surface area (Å²) in [5, 5.41) is 6.71. The molecule has 1 aliphatic carbocycles. The van der Waals surface area contributed by atoms with Crippen molar-refractivity contribution in [3.63, 3.8) is 0 Å². The van der Waals surface area contributed by atoms with Gasteiger partial charge in [-0.2, -0.15) is 0 Å². The second kappa shape index (κ2) is 7.96. The summed E-state index contributed by atoms with van der Waals surface area (Å²) in [5.74, 6) is 1.36. The zero-order valence-electron chi connectivity index (χ0n) is 15.1. The average Bonchev–Trinajstić information content (AvgIpc) is 3.08. The Balaban J connectivity index is 1.99. The van der Waals surface area contributed by atoms with Gasteiger partial charge in [-0.1, -0.05) is 0 Å². The van der Waals surface area contributed by atoms with E-state index in [2.05, 4.69) is 26.6 Å². The third kappa shape index (κ3) is 3.88. The number of benzene rings is 1. The molecule has 0 spiro atoms. The molecule has 7 heteroatoms. The van der Waals surface area contributed by atoms with Gasteiger partial charge in [0.05, 0.1) is 23.7 Å². The Bertz CT molecular complexity index is 772. The van der Waals surface area contributed by atoms with Crippen molar-refractivity contribution in [3.8, 4) is 11.5 Å². The number of rotatable bonds is 5. The van der Waals surface area contributed by atoms with Gasteiger partial charge in [-0.3, -0.25) is 4.79 Å². The highest BCUT2D eigenvalue weighted by Gasteiger charge is 2.29. The highest BCUT2D eigenvalue weighted by atomic mass is 79.9. The van der Waals surface area contributed by atoms with Gasteiger partial charge in [0.25, 0.3) is 0 Å². The maximum Gasteiger partial charge on any atom is 0.175 e. The molecule has 1 saturated carbocycles. The van der Waals surface area contributed by atoms with Crippen LogP contribution in [0.3, 0.4) is 0 Å². The van der Waals surface area contributed by atoms with Crippen LogP contribution in [0.1, 0.15) is 51.1 Å². The van der Waals surface area contributed by atoms with E-state index in [1.165, 1.54) is 12.8 Å². The number of ketones is 1. The number of halogens is 1. The van der Waals surface area contributed by atoms with E-state index < -0.39 is 0 Å².